The van der Waals surface area contributed by atoms with Gasteiger partial charge in [-0.3, -0.25) is 0 Å². The molecule has 1 unspecified atom stereocenters. The Balaban J connectivity index is 2.31. The number of imidazole rings is 1. The van der Waals surface area contributed by atoms with Crippen LogP contribution >= 0.6 is 11.3 Å². The second kappa shape index (κ2) is 3.94. The molecule has 0 aliphatic carbocycles. The van der Waals surface area contributed by atoms with Crippen molar-refractivity contribution < 1.29 is 5.11 Å². The summed E-state index contributed by atoms with van der Waals surface area (Å²) in [5, 5.41) is 13.9. The number of thiophene rings is 1. The number of nitrogens with zero attached hydrogens (tertiary/aromatic N) is 2. The smallest absolute Gasteiger partial charge is 0.121 e. The number of rotatable bonds is 3. The molecular formula is C10H12N2OS. The number of aliphatic hydroxyl groups is 1. The summed E-state index contributed by atoms with van der Waals surface area (Å²) in [5.41, 5.74) is 1.79. The molecule has 0 fully saturated rings. The second-order valence-electron chi connectivity index (χ2n) is 3.06. The number of hydrogen-bond acceptors (Lipinski definition) is 3. The largest absolute Gasteiger partial charge is 0.382 e. The van der Waals surface area contributed by atoms with Crippen molar-refractivity contribution in [1.82, 2.24) is 9.55 Å². The molecule has 0 amide bonds. The van der Waals surface area contributed by atoms with Gasteiger partial charge in [0.2, 0.25) is 0 Å². The summed E-state index contributed by atoms with van der Waals surface area (Å²) >= 11 is 1.59. The minimum atomic E-state index is -0.552. The minimum absolute atomic E-state index is 0.552. The van der Waals surface area contributed by atoms with Gasteiger partial charge in [-0.05, 0) is 29.3 Å². The molecule has 0 aromatic carbocycles. The van der Waals surface area contributed by atoms with Crippen LogP contribution in [0.15, 0.2) is 29.4 Å². The predicted molar refractivity (Wildman–Crippen MR) is 56.3 cm³/mol. The average molecular weight is 208 g/mol. The third kappa shape index (κ3) is 1.58. The summed E-state index contributed by atoms with van der Waals surface area (Å²) in [6.45, 7) is 2.86. The monoisotopic (exact) mass is 208 g/mol. The highest BCUT2D eigenvalue weighted by molar-refractivity contribution is 7.07. The SMILES string of the molecule is CCn1cncc1C(O)c1ccsc1. The normalized spacial score (nSPS) is 13.0. The first-order valence-corrected chi connectivity index (χ1v) is 5.47. The van der Waals surface area contributed by atoms with Crippen LogP contribution in [0.4, 0.5) is 0 Å². The van der Waals surface area contributed by atoms with Crippen LogP contribution in [-0.4, -0.2) is 14.7 Å². The molecule has 2 heterocycles. The maximum absolute atomic E-state index is 10.0. The van der Waals surface area contributed by atoms with Crippen molar-refractivity contribution in [1.29, 1.82) is 0 Å². The van der Waals surface area contributed by atoms with Gasteiger partial charge in [-0.2, -0.15) is 11.3 Å². The van der Waals surface area contributed by atoms with Gasteiger partial charge in [-0.1, -0.05) is 0 Å². The van der Waals surface area contributed by atoms with Crippen molar-refractivity contribution in [2.24, 2.45) is 0 Å². The third-order valence-electron chi connectivity index (χ3n) is 2.22. The van der Waals surface area contributed by atoms with Crippen molar-refractivity contribution in [3.05, 3.63) is 40.6 Å². The standard InChI is InChI=1S/C10H12N2OS/c1-2-12-7-11-5-9(12)10(13)8-3-4-14-6-8/h3-7,10,13H,2H2,1H3. The van der Waals surface area contributed by atoms with E-state index < -0.39 is 6.10 Å². The molecule has 2 rings (SSSR count). The van der Waals surface area contributed by atoms with E-state index in [1.54, 1.807) is 23.9 Å². The van der Waals surface area contributed by atoms with Crippen molar-refractivity contribution in [2.45, 2.75) is 19.6 Å². The lowest BCUT2D eigenvalue weighted by Crippen LogP contribution is -2.06. The van der Waals surface area contributed by atoms with Crippen LogP contribution in [0, 0.1) is 0 Å². The third-order valence-corrected chi connectivity index (χ3v) is 2.93. The van der Waals surface area contributed by atoms with Crippen LogP contribution in [0.25, 0.3) is 0 Å². The number of hydrogen-bond donors (Lipinski definition) is 1. The summed E-state index contributed by atoms with van der Waals surface area (Å²) < 4.78 is 1.95. The van der Waals surface area contributed by atoms with Crippen LogP contribution in [0.1, 0.15) is 24.3 Å². The van der Waals surface area contributed by atoms with Gasteiger partial charge >= 0.3 is 0 Å². The fourth-order valence-electron chi connectivity index (χ4n) is 1.42. The topological polar surface area (TPSA) is 38.0 Å². The van der Waals surface area contributed by atoms with E-state index in [1.807, 2.05) is 28.3 Å². The van der Waals surface area contributed by atoms with Gasteiger partial charge in [0.25, 0.3) is 0 Å². The molecule has 1 N–H and O–H groups in total. The second-order valence-corrected chi connectivity index (χ2v) is 3.84. The van der Waals surface area contributed by atoms with Crippen molar-refractivity contribution >= 4 is 11.3 Å². The van der Waals surface area contributed by atoms with Gasteiger partial charge in [0.05, 0.1) is 18.2 Å². The molecule has 3 nitrogen and oxygen atoms in total. The molecule has 2 aromatic heterocycles. The van der Waals surface area contributed by atoms with Gasteiger partial charge in [0.15, 0.2) is 0 Å². The Labute approximate surface area is 86.7 Å². The Hall–Kier alpha value is -1.13. The zero-order valence-corrected chi connectivity index (χ0v) is 8.74. The molecule has 0 aliphatic heterocycles. The van der Waals surface area contributed by atoms with E-state index >= 15 is 0 Å². The first kappa shape index (κ1) is 9.43. The fraction of sp³-hybridized carbons (Fsp3) is 0.300. The van der Waals surface area contributed by atoms with Crippen LogP contribution in [0.2, 0.25) is 0 Å². The highest BCUT2D eigenvalue weighted by atomic mass is 32.1. The zero-order valence-electron chi connectivity index (χ0n) is 7.92. The molecule has 0 bridgehead atoms. The zero-order chi connectivity index (χ0) is 9.97. The Kier molecular flexibility index (Phi) is 2.65. The fourth-order valence-corrected chi connectivity index (χ4v) is 2.10. The minimum Gasteiger partial charge on any atom is -0.382 e. The lowest BCUT2D eigenvalue weighted by Gasteiger charge is -2.10. The first-order chi connectivity index (χ1) is 6.83. The number of aliphatic hydroxyl groups excluding tert-OH is 1. The number of aryl methyl sites for hydroxylation is 1. The molecular weight excluding hydrogens is 196 g/mol. The van der Waals surface area contributed by atoms with Gasteiger partial charge in [-0.15, -0.1) is 0 Å². The van der Waals surface area contributed by atoms with E-state index in [0.717, 1.165) is 17.8 Å². The summed E-state index contributed by atoms with van der Waals surface area (Å²) in [7, 11) is 0. The van der Waals surface area contributed by atoms with E-state index in [1.165, 1.54) is 0 Å². The lowest BCUT2D eigenvalue weighted by molar-refractivity contribution is 0.210. The van der Waals surface area contributed by atoms with E-state index in [-0.39, 0.29) is 0 Å². The maximum Gasteiger partial charge on any atom is 0.121 e. The summed E-state index contributed by atoms with van der Waals surface area (Å²) in [6.07, 6.45) is 2.90. The molecule has 1 atom stereocenters. The van der Waals surface area contributed by atoms with E-state index in [9.17, 15) is 5.11 Å². The van der Waals surface area contributed by atoms with Crippen LogP contribution in [-0.2, 0) is 6.54 Å². The van der Waals surface area contributed by atoms with Crippen molar-refractivity contribution in [3.8, 4) is 0 Å². The van der Waals surface area contributed by atoms with E-state index in [0.29, 0.717) is 0 Å². The molecule has 0 saturated carbocycles. The molecule has 0 aliphatic rings. The maximum atomic E-state index is 10.0. The summed E-state index contributed by atoms with van der Waals surface area (Å²) in [6, 6.07) is 1.93. The molecule has 4 heteroatoms. The van der Waals surface area contributed by atoms with Crippen LogP contribution in [0.5, 0.6) is 0 Å². The van der Waals surface area contributed by atoms with Crippen molar-refractivity contribution in [2.75, 3.05) is 0 Å². The Morgan fingerprint density at radius 3 is 3.14 bits per heavy atom. The molecule has 0 spiro atoms. The molecule has 0 radical (unpaired) electrons. The highest BCUT2D eigenvalue weighted by Gasteiger charge is 2.14. The Bertz CT molecular complexity index is 394. The van der Waals surface area contributed by atoms with Gasteiger partial charge in [0, 0.05) is 6.54 Å². The Morgan fingerprint density at radius 1 is 1.64 bits per heavy atom. The van der Waals surface area contributed by atoms with E-state index in [2.05, 4.69) is 4.98 Å². The summed E-state index contributed by atoms with van der Waals surface area (Å²) in [4.78, 5) is 4.03. The van der Waals surface area contributed by atoms with Gasteiger partial charge in [-0.25, -0.2) is 4.98 Å². The summed E-state index contributed by atoms with van der Waals surface area (Å²) in [5.74, 6) is 0. The average Bonchev–Trinajstić information content (AvgIpc) is 2.87. The predicted octanol–water partition coefficient (Wildman–Crippen LogP) is 2.05. The van der Waals surface area contributed by atoms with Crippen LogP contribution in [0.3, 0.4) is 0 Å². The lowest BCUT2D eigenvalue weighted by atomic mass is 10.1. The van der Waals surface area contributed by atoms with Crippen LogP contribution < -0.4 is 0 Å². The first-order valence-electron chi connectivity index (χ1n) is 4.53. The molecule has 74 valence electrons. The van der Waals surface area contributed by atoms with Gasteiger partial charge in [0.1, 0.15) is 6.10 Å². The van der Waals surface area contributed by atoms with E-state index in [4.69, 9.17) is 0 Å². The highest BCUT2D eigenvalue weighted by Crippen LogP contribution is 2.23. The number of aromatic nitrogens is 2. The quantitative estimate of drug-likeness (QED) is 0.838. The molecule has 0 saturated heterocycles. The van der Waals surface area contributed by atoms with Crippen molar-refractivity contribution in [3.63, 3.8) is 0 Å². The molecule has 2 aromatic rings. The Morgan fingerprint density at radius 2 is 2.50 bits per heavy atom. The van der Waals surface area contributed by atoms with Gasteiger partial charge < -0.3 is 9.67 Å². The molecule has 14 heavy (non-hydrogen) atoms.